The topological polar surface area (TPSA) is 68.3 Å². The van der Waals surface area contributed by atoms with Gasteiger partial charge in [-0.25, -0.2) is 0 Å². The number of benzene rings is 1. The van der Waals surface area contributed by atoms with E-state index in [9.17, 15) is 4.79 Å². The molecule has 0 saturated carbocycles. The standard InChI is InChI=1S/C13H13BrN2O2/c1-8(9-3-2-4-10(15)7-9)16-13(17)11-5-6-18-12(11)14/h2-8H,15H2,1H3,(H,16,17). The quantitative estimate of drug-likeness (QED) is 0.856. The summed E-state index contributed by atoms with van der Waals surface area (Å²) >= 11 is 3.18. The minimum Gasteiger partial charge on any atom is -0.457 e. The minimum absolute atomic E-state index is 0.122. The summed E-state index contributed by atoms with van der Waals surface area (Å²) in [6, 6.07) is 8.93. The van der Waals surface area contributed by atoms with Crippen LogP contribution in [0.4, 0.5) is 5.69 Å². The van der Waals surface area contributed by atoms with Gasteiger partial charge in [0.15, 0.2) is 4.67 Å². The van der Waals surface area contributed by atoms with E-state index in [4.69, 9.17) is 10.2 Å². The molecule has 1 aromatic carbocycles. The molecule has 94 valence electrons. The lowest BCUT2D eigenvalue weighted by atomic mass is 10.1. The predicted molar refractivity (Wildman–Crippen MR) is 73.1 cm³/mol. The third-order valence-corrected chi connectivity index (χ3v) is 3.23. The molecule has 1 amide bonds. The van der Waals surface area contributed by atoms with Gasteiger partial charge in [-0.3, -0.25) is 4.79 Å². The van der Waals surface area contributed by atoms with Crippen molar-refractivity contribution in [3.63, 3.8) is 0 Å². The number of halogens is 1. The first-order valence-electron chi connectivity index (χ1n) is 5.47. The molecule has 0 spiro atoms. The van der Waals surface area contributed by atoms with Gasteiger partial charge in [-0.2, -0.15) is 0 Å². The first-order chi connectivity index (χ1) is 8.58. The van der Waals surface area contributed by atoms with E-state index in [1.54, 1.807) is 6.07 Å². The van der Waals surface area contributed by atoms with Gasteiger partial charge in [-0.15, -0.1) is 0 Å². The molecule has 18 heavy (non-hydrogen) atoms. The highest BCUT2D eigenvalue weighted by Crippen LogP contribution is 2.20. The highest BCUT2D eigenvalue weighted by molar-refractivity contribution is 9.10. The van der Waals surface area contributed by atoms with Crippen LogP contribution in [0.5, 0.6) is 0 Å². The Morgan fingerprint density at radius 1 is 1.44 bits per heavy atom. The van der Waals surface area contributed by atoms with Gasteiger partial charge in [0.05, 0.1) is 17.9 Å². The fourth-order valence-corrected chi connectivity index (χ4v) is 2.06. The molecule has 1 heterocycles. The molecule has 1 unspecified atom stereocenters. The number of carbonyl (C=O) groups excluding carboxylic acids is 1. The molecule has 4 nitrogen and oxygen atoms in total. The van der Waals surface area contributed by atoms with E-state index in [0.29, 0.717) is 15.9 Å². The summed E-state index contributed by atoms with van der Waals surface area (Å²) in [4.78, 5) is 12.0. The third kappa shape index (κ3) is 2.73. The maximum atomic E-state index is 12.0. The number of anilines is 1. The number of hydrogen-bond acceptors (Lipinski definition) is 3. The second-order valence-electron chi connectivity index (χ2n) is 3.97. The van der Waals surface area contributed by atoms with Crippen LogP contribution in [0.25, 0.3) is 0 Å². The van der Waals surface area contributed by atoms with E-state index in [1.165, 1.54) is 6.26 Å². The zero-order valence-corrected chi connectivity index (χ0v) is 11.4. The first-order valence-corrected chi connectivity index (χ1v) is 6.26. The van der Waals surface area contributed by atoms with Crippen molar-refractivity contribution in [2.45, 2.75) is 13.0 Å². The van der Waals surface area contributed by atoms with Crippen LogP contribution in [0.15, 0.2) is 45.7 Å². The van der Waals surface area contributed by atoms with Crippen molar-refractivity contribution in [1.29, 1.82) is 0 Å². The van der Waals surface area contributed by atoms with Crippen LogP contribution in [-0.2, 0) is 0 Å². The first kappa shape index (κ1) is 12.7. The average Bonchev–Trinajstić information content (AvgIpc) is 2.75. The number of nitrogens with one attached hydrogen (secondary N) is 1. The molecule has 0 bridgehead atoms. The Balaban J connectivity index is 2.10. The summed E-state index contributed by atoms with van der Waals surface area (Å²) in [7, 11) is 0. The van der Waals surface area contributed by atoms with E-state index in [2.05, 4.69) is 21.2 Å². The van der Waals surface area contributed by atoms with Crippen LogP contribution in [-0.4, -0.2) is 5.91 Å². The monoisotopic (exact) mass is 308 g/mol. The molecule has 2 rings (SSSR count). The van der Waals surface area contributed by atoms with E-state index in [-0.39, 0.29) is 11.9 Å². The number of nitrogen functional groups attached to an aromatic ring is 1. The zero-order valence-electron chi connectivity index (χ0n) is 9.81. The predicted octanol–water partition coefficient (Wildman–Crippen LogP) is 3.12. The van der Waals surface area contributed by atoms with Crippen molar-refractivity contribution in [3.05, 3.63) is 52.4 Å². The molecule has 0 fully saturated rings. The largest absolute Gasteiger partial charge is 0.457 e. The van der Waals surface area contributed by atoms with Crippen LogP contribution in [0.1, 0.15) is 28.9 Å². The van der Waals surface area contributed by atoms with Gasteiger partial charge in [0.1, 0.15) is 0 Å². The van der Waals surface area contributed by atoms with Crippen molar-refractivity contribution >= 4 is 27.5 Å². The Morgan fingerprint density at radius 2 is 2.22 bits per heavy atom. The van der Waals surface area contributed by atoms with Crippen molar-refractivity contribution in [2.24, 2.45) is 0 Å². The van der Waals surface area contributed by atoms with E-state index in [0.717, 1.165) is 5.56 Å². The van der Waals surface area contributed by atoms with Crippen molar-refractivity contribution in [3.8, 4) is 0 Å². The maximum absolute atomic E-state index is 12.0. The second-order valence-corrected chi connectivity index (χ2v) is 4.69. The number of amides is 1. The highest BCUT2D eigenvalue weighted by atomic mass is 79.9. The maximum Gasteiger partial charge on any atom is 0.256 e. The fourth-order valence-electron chi connectivity index (χ4n) is 1.64. The Hall–Kier alpha value is -1.75. The molecule has 5 heteroatoms. The van der Waals surface area contributed by atoms with Crippen LogP contribution in [0.2, 0.25) is 0 Å². The van der Waals surface area contributed by atoms with Gasteiger partial charge in [-0.1, -0.05) is 12.1 Å². The molecule has 0 radical (unpaired) electrons. The Kier molecular flexibility index (Phi) is 3.72. The summed E-state index contributed by atoms with van der Waals surface area (Å²) < 4.78 is 5.46. The van der Waals surface area contributed by atoms with Gasteiger partial charge in [-0.05, 0) is 46.6 Å². The molecule has 0 aliphatic heterocycles. The van der Waals surface area contributed by atoms with E-state index in [1.807, 2.05) is 31.2 Å². The van der Waals surface area contributed by atoms with Crippen molar-refractivity contribution < 1.29 is 9.21 Å². The summed E-state index contributed by atoms with van der Waals surface area (Å²) in [5, 5.41) is 2.88. The van der Waals surface area contributed by atoms with Crippen molar-refractivity contribution in [1.82, 2.24) is 5.32 Å². The Labute approximate surface area is 113 Å². The molecule has 0 saturated heterocycles. The van der Waals surface area contributed by atoms with E-state index < -0.39 is 0 Å². The minimum atomic E-state index is -0.189. The molecule has 0 aliphatic rings. The summed E-state index contributed by atoms with van der Waals surface area (Å²) in [5.41, 5.74) is 7.83. The smallest absolute Gasteiger partial charge is 0.256 e. The zero-order chi connectivity index (χ0) is 13.1. The average molecular weight is 309 g/mol. The molecule has 2 aromatic rings. The summed E-state index contributed by atoms with van der Waals surface area (Å²) in [6.45, 7) is 1.90. The van der Waals surface area contributed by atoms with Gasteiger partial charge < -0.3 is 15.5 Å². The SMILES string of the molecule is CC(NC(=O)c1ccoc1Br)c1cccc(N)c1. The Bertz CT molecular complexity index is 566. The lowest BCUT2D eigenvalue weighted by molar-refractivity contribution is 0.0938. The number of hydrogen-bond donors (Lipinski definition) is 2. The van der Waals surface area contributed by atoms with Gasteiger partial charge in [0.2, 0.25) is 0 Å². The highest BCUT2D eigenvalue weighted by Gasteiger charge is 2.15. The normalized spacial score (nSPS) is 12.1. The Morgan fingerprint density at radius 3 is 2.83 bits per heavy atom. The second kappa shape index (κ2) is 5.27. The van der Waals surface area contributed by atoms with Gasteiger partial charge in [0.25, 0.3) is 5.91 Å². The molecule has 1 aromatic heterocycles. The molecular weight excluding hydrogens is 296 g/mol. The van der Waals surface area contributed by atoms with Crippen LogP contribution in [0.3, 0.4) is 0 Å². The number of furan rings is 1. The molecule has 0 aliphatic carbocycles. The van der Waals surface area contributed by atoms with Crippen molar-refractivity contribution in [2.75, 3.05) is 5.73 Å². The van der Waals surface area contributed by atoms with Crippen LogP contribution >= 0.6 is 15.9 Å². The van der Waals surface area contributed by atoms with Crippen LogP contribution < -0.4 is 11.1 Å². The van der Waals surface area contributed by atoms with E-state index >= 15 is 0 Å². The lowest BCUT2D eigenvalue weighted by Gasteiger charge is -2.14. The molecule has 1 atom stereocenters. The number of rotatable bonds is 3. The lowest BCUT2D eigenvalue weighted by Crippen LogP contribution is -2.26. The number of carbonyl (C=O) groups is 1. The molecular formula is C13H13BrN2O2. The summed E-state index contributed by atoms with van der Waals surface area (Å²) in [5.74, 6) is -0.189. The van der Waals surface area contributed by atoms with Crippen LogP contribution in [0, 0.1) is 0 Å². The fraction of sp³-hybridized carbons (Fsp3) is 0.154. The molecule has 3 N–H and O–H groups in total. The van der Waals surface area contributed by atoms with Gasteiger partial charge >= 0.3 is 0 Å². The number of nitrogens with two attached hydrogens (primary N) is 1. The van der Waals surface area contributed by atoms with Gasteiger partial charge in [0, 0.05) is 5.69 Å². The third-order valence-electron chi connectivity index (χ3n) is 2.62. The summed E-state index contributed by atoms with van der Waals surface area (Å²) in [6.07, 6.45) is 1.46.